The molecule has 0 bridgehead atoms. The highest BCUT2D eigenvalue weighted by atomic mass is 16.5. The van der Waals surface area contributed by atoms with E-state index in [0.29, 0.717) is 6.42 Å². The van der Waals surface area contributed by atoms with Crippen LogP contribution in [0.3, 0.4) is 0 Å². The van der Waals surface area contributed by atoms with Gasteiger partial charge in [-0.1, -0.05) is 50.6 Å². The first-order valence-corrected chi connectivity index (χ1v) is 9.04. The molecule has 1 fully saturated rings. The molecule has 2 rings (SSSR count). The fourth-order valence-corrected chi connectivity index (χ4v) is 2.38. The summed E-state index contributed by atoms with van der Waals surface area (Å²) in [6, 6.07) is 8.80. The Morgan fingerprint density at radius 3 is 2.50 bits per heavy atom. The summed E-state index contributed by atoms with van der Waals surface area (Å²) in [6.07, 6.45) is 2.02. The average Bonchev–Trinajstić information content (AvgIpc) is 3.46. The minimum Gasteiger partial charge on any atom is -0.445 e. The molecule has 142 valence electrons. The van der Waals surface area contributed by atoms with Crippen LogP contribution in [0, 0.1) is 5.92 Å². The van der Waals surface area contributed by atoms with E-state index in [1.165, 1.54) is 0 Å². The van der Waals surface area contributed by atoms with Crippen LogP contribution in [0.15, 0.2) is 30.3 Å². The molecule has 0 heterocycles. The van der Waals surface area contributed by atoms with Gasteiger partial charge in [0.05, 0.1) is 6.54 Å². The lowest BCUT2D eigenvalue weighted by atomic mass is 9.98. The number of hydrogen-bond donors (Lipinski definition) is 3. The molecule has 1 saturated carbocycles. The molecular formula is C19H27N3O4. The maximum atomic E-state index is 12.4. The average molecular weight is 361 g/mol. The standard InChI is InChI=1S/C19H27N3O4/c1-3-13(2)17(18(24)20-11-16(23)21-15-9-10-15)22-19(25)26-12-14-7-5-4-6-8-14/h4-8,13,15,17H,3,9-12H2,1-2H3,(H,20,24)(H,21,23)(H,22,25)/t13-,17-/m0/s1. The molecule has 1 aliphatic rings. The van der Waals surface area contributed by atoms with E-state index in [4.69, 9.17) is 4.74 Å². The summed E-state index contributed by atoms with van der Waals surface area (Å²) in [6.45, 7) is 3.84. The molecule has 0 aromatic heterocycles. The number of carbonyl (C=O) groups is 3. The Kier molecular flexibility index (Phi) is 7.44. The highest BCUT2D eigenvalue weighted by Gasteiger charge is 2.28. The molecule has 1 aliphatic carbocycles. The van der Waals surface area contributed by atoms with Gasteiger partial charge in [-0.2, -0.15) is 0 Å². The number of hydrogen-bond acceptors (Lipinski definition) is 4. The number of benzene rings is 1. The van der Waals surface area contributed by atoms with Crippen LogP contribution in [0.2, 0.25) is 0 Å². The number of ether oxygens (including phenoxy) is 1. The molecule has 0 unspecified atom stereocenters. The molecule has 7 heteroatoms. The Bertz CT molecular complexity index is 616. The zero-order valence-corrected chi connectivity index (χ0v) is 15.3. The SMILES string of the molecule is CC[C@H](C)[C@H](NC(=O)OCc1ccccc1)C(=O)NCC(=O)NC1CC1. The van der Waals surface area contributed by atoms with E-state index in [-0.39, 0.29) is 36.9 Å². The minimum absolute atomic E-state index is 0.0919. The smallest absolute Gasteiger partial charge is 0.408 e. The Hall–Kier alpha value is -2.57. The third kappa shape index (κ3) is 6.74. The van der Waals surface area contributed by atoms with Gasteiger partial charge in [-0.3, -0.25) is 9.59 Å². The summed E-state index contributed by atoms with van der Waals surface area (Å²) >= 11 is 0. The predicted octanol–water partition coefficient (Wildman–Crippen LogP) is 1.72. The maximum absolute atomic E-state index is 12.4. The Balaban J connectivity index is 1.81. The van der Waals surface area contributed by atoms with Crippen LogP contribution in [0.1, 0.15) is 38.7 Å². The van der Waals surface area contributed by atoms with Crippen LogP contribution in [-0.2, 0) is 20.9 Å². The van der Waals surface area contributed by atoms with Gasteiger partial charge in [0.1, 0.15) is 12.6 Å². The number of carbonyl (C=O) groups excluding carboxylic acids is 3. The lowest BCUT2D eigenvalue weighted by Gasteiger charge is -2.23. The summed E-state index contributed by atoms with van der Waals surface area (Å²) in [5, 5.41) is 8.00. The fraction of sp³-hybridized carbons (Fsp3) is 0.526. The van der Waals surface area contributed by atoms with E-state index in [1.54, 1.807) is 0 Å². The molecule has 1 aromatic rings. The van der Waals surface area contributed by atoms with Crippen molar-refractivity contribution in [3.05, 3.63) is 35.9 Å². The van der Waals surface area contributed by atoms with Crippen molar-refractivity contribution in [2.75, 3.05) is 6.54 Å². The van der Waals surface area contributed by atoms with Crippen molar-refractivity contribution in [2.45, 2.75) is 51.8 Å². The molecular weight excluding hydrogens is 334 g/mol. The molecule has 0 spiro atoms. The van der Waals surface area contributed by atoms with Gasteiger partial charge >= 0.3 is 6.09 Å². The molecule has 26 heavy (non-hydrogen) atoms. The second-order valence-electron chi connectivity index (χ2n) is 6.63. The van der Waals surface area contributed by atoms with Gasteiger partial charge in [0.25, 0.3) is 0 Å². The number of amides is 3. The van der Waals surface area contributed by atoms with Crippen LogP contribution < -0.4 is 16.0 Å². The number of rotatable bonds is 9. The van der Waals surface area contributed by atoms with Gasteiger partial charge in [-0.25, -0.2) is 4.79 Å². The minimum atomic E-state index is -0.753. The van der Waals surface area contributed by atoms with Gasteiger partial charge in [0.2, 0.25) is 11.8 Å². The molecule has 0 aliphatic heterocycles. The van der Waals surface area contributed by atoms with Crippen LogP contribution in [0.4, 0.5) is 4.79 Å². The van der Waals surface area contributed by atoms with E-state index in [0.717, 1.165) is 18.4 Å². The van der Waals surface area contributed by atoms with E-state index in [1.807, 2.05) is 44.2 Å². The van der Waals surface area contributed by atoms with Crippen molar-refractivity contribution < 1.29 is 19.1 Å². The van der Waals surface area contributed by atoms with Crippen LogP contribution >= 0.6 is 0 Å². The molecule has 7 nitrogen and oxygen atoms in total. The topological polar surface area (TPSA) is 96.5 Å². The molecule has 3 N–H and O–H groups in total. The lowest BCUT2D eigenvalue weighted by molar-refractivity contribution is -0.128. The van der Waals surface area contributed by atoms with Crippen molar-refractivity contribution in [2.24, 2.45) is 5.92 Å². The summed E-state index contributed by atoms with van der Waals surface area (Å²) in [5.74, 6) is -0.692. The fourth-order valence-electron chi connectivity index (χ4n) is 2.38. The largest absolute Gasteiger partial charge is 0.445 e. The summed E-state index contributed by atoms with van der Waals surface area (Å²) in [5.41, 5.74) is 0.865. The first kappa shape index (κ1) is 19.8. The lowest BCUT2D eigenvalue weighted by Crippen LogP contribution is -2.52. The first-order chi connectivity index (χ1) is 12.5. The van der Waals surface area contributed by atoms with Crippen LogP contribution in [0.25, 0.3) is 0 Å². The third-order valence-electron chi connectivity index (χ3n) is 4.35. The Morgan fingerprint density at radius 1 is 1.19 bits per heavy atom. The molecule has 2 atom stereocenters. The highest BCUT2D eigenvalue weighted by Crippen LogP contribution is 2.18. The predicted molar refractivity (Wildman–Crippen MR) is 97.2 cm³/mol. The molecule has 0 radical (unpaired) electrons. The van der Waals surface area contributed by atoms with E-state index < -0.39 is 12.1 Å². The quantitative estimate of drug-likeness (QED) is 0.624. The van der Waals surface area contributed by atoms with Gasteiger partial charge in [-0.05, 0) is 24.3 Å². The van der Waals surface area contributed by atoms with E-state index in [9.17, 15) is 14.4 Å². The molecule has 1 aromatic carbocycles. The second kappa shape index (κ2) is 9.79. The van der Waals surface area contributed by atoms with Crippen molar-refractivity contribution in [1.29, 1.82) is 0 Å². The maximum Gasteiger partial charge on any atom is 0.408 e. The van der Waals surface area contributed by atoms with Crippen molar-refractivity contribution in [3.8, 4) is 0 Å². The van der Waals surface area contributed by atoms with Crippen molar-refractivity contribution in [1.82, 2.24) is 16.0 Å². The third-order valence-corrected chi connectivity index (χ3v) is 4.35. The Morgan fingerprint density at radius 2 is 1.88 bits per heavy atom. The zero-order valence-electron chi connectivity index (χ0n) is 15.3. The monoisotopic (exact) mass is 361 g/mol. The molecule has 3 amide bonds. The zero-order chi connectivity index (χ0) is 18.9. The number of alkyl carbamates (subject to hydrolysis) is 1. The normalized spacial score (nSPS) is 15.5. The van der Waals surface area contributed by atoms with Crippen LogP contribution in [0.5, 0.6) is 0 Å². The summed E-state index contributed by atoms with van der Waals surface area (Å²) in [4.78, 5) is 36.2. The van der Waals surface area contributed by atoms with Gasteiger partial charge < -0.3 is 20.7 Å². The van der Waals surface area contributed by atoms with Gasteiger partial charge in [-0.15, -0.1) is 0 Å². The first-order valence-electron chi connectivity index (χ1n) is 9.04. The second-order valence-corrected chi connectivity index (χ2v) is 6.63. The number of nitrogens with one attached hydrogen (secondary N) is 3. The van der Waals surface area contributed by atoms with Crippen LogP contribution in [-0.4, -0.2) is 36.5 Å². The highest BCUT2D eigenvalue weighted by molar-refractivity contribution is 5.89. The van der Waals surface area contributed by atoms with Crippen molar-refractivity contribution in [3.63, 3.8) is 0 Å². The van der Waals surface area contributed by atoms with E-state index in [2.05, 4.69) is 16.0 Å². The van der Waals surface area contributed by atoms with Crippen molar-refractivity contribution >= 4 is 17.9 Å². The van der Waals surface area contributed by atoms with Gasteiger partial charge in [0.15, 0.2) is 0 Å². The summed E-state index contributed by atoms with van der Waals surface area (Å²) in [7, 11) is 0. The van der Waals surface area contributed by atoms with Gasteiger partial charge in [0, 0.05) is 6.04 Å². The Labute approximate surface area is 153 Å². The summed E-state index contributed by atoms with van der Waals surface area (Å²) < 4.78 is 5.18. The molecule has 0 saturated heterocycles. The van der Waals surface area contributed by atoms with E-state index >= 15 is 0 Å².